The maximum atomic E-state index is 2.47. The number of nitrogens with zero attached hydrogens (tertiary/aromatic N) is 1. The molecule has 1 atom stereocenters. The summed E-state index contributed by atoms with van der Waals surface area (Å²) >= 11 is 0. The molecule has 80 valence electrons. The van der Waals surface area contributed by atoms with Gasteiger partial charge in [0.05, 0.1) is 0 Å². The predicted molar refractivity (Wildman–Crippen MR) is 66.8 cm³/mol. The van der Waals surface area contributed by atoms with E-state index in [2.05, 4.69) is 32.7 Å². The van der Waals surface area contributed by atoms with Crippen LogP contribution in [0.3, 0.4) is 0 Å². The Morgan fingerprint density at radius 1 is 1.21 bits per heavy atom. The van der Waals surface area contributed by atoms with Crippen molar-refractivity contribution < 1.29 is 19.5 Å². The third-order valence-corrected chi connectivity index (χ3v) is 3.32. The number of rotatable bonds is 0. The Balaban J connectivity index is -0.000000125. The Morgan fingerprint density at radius 2 is 1.64 bits per heavy atom. The third kappa shape index (κ3) is 5.74. The molecule has 0 aromatic carbocycles. The summed E-state index contributed by atoms with van der Waals surface area (Å²) in [5.74, 6) is 0.853. The molecular formula is C9H22Cl2LiNZn. The first-order valence-corrected chi connectivity index (χ1v) is 4.26. The van der Waals surface area contributed by atoms with Crippen molar-refractivity contribution in [2.75, 3.05) is 13.6 Å². The molecule has 1 fully saturated rings. The van der Waals surface area contributed by atoms with Crippen molar-refractivity contribution >= 4 is 43.7 Å². The molecule has 1 rings (SSSR count). The minimum atomic E-state index is 0. The molecule has 1 nitrogen and oxygen atoms in total. The summed E-state index contributed by atoms with van der Waals surface area (Å²) in [5, 5.41) is 0. The fraction of sp³-hybridized carbons (Fsp3) is 1.00. The van der Waals surface area contributed by atoms with Gasteiger partial charge in [-0.1, -0.05) is 6.92 Å². The second-order valence-electron chi connectivity index (χ2n) is 4.12. The number of halogens is 2. The van der Waals surface area contributed by atoms with Crippen LogP contribution in [-0.2, 0) is 19.5 Å². The molecular weight excluding hydrogens is 265 g/mol. The van der Waals surface area contributed by atoms with Gasteiger partial charge in [-0.05, 0) is 46.2 Å². The molecule has 0 amide bonds. The second-order valence-corrected chi connectivity index (χ2v) is 4.12. The topological polar surface area (TPSA) is 3.24 Å². The molecule has 0 spiro atoms. The molecule has 14 heavy (non-hydrogen) atoms. The Bertz CT molecular complexity index is 124. The van der Waals surface area contributed by atoms with Crippen molar-refractivity contribution in [3.8, 4) is 0 Å². The van der Waals surface area contributed by atoms with Crippen molar-refractivity contribution in [1.82, 2.24) is 4.90 Å². The van der Waals surface area contributed by atoms with Crippen LogP contribution in [0.1, 0.15) is 33.6 Å². The summed E-state index contributed by atoms with van der Waals surface area (Å²) in [6, 6.07) is 0. The van der Waals surface area contributed by atoms with E-state index in [0.717, 1.165) is 5.92 Å². The van der Waals surface area contributed by atoms with Gasteiger partial charge >= 0.3 is 18.9 Å². The maximum Gasteiger partial charge on any atom is 0 e. The maximum absolute atomic E-state index is 2.47. The van der Waals surface area contributed by atoms with Gasteiger partial charge in [0.15, 0.2) is 0 Å². The SMILES string of the molecule is CC1CCCN(C)C1(C)C.Cl.Cl.[LiH].[Zn]. The Morgan fingerprint density at radius 3 is 1.93 bits per heavy atom. The summed E-state index contributed by atoms with van der Waals surface area (Å²) in [7, 11) is 2.23. The van der Waals surface area contributed by atoms with E-state index >= 15 is 0 Å². The minimum Gasteiger partial charge on any atom is 0 e. The fourth-order valence-corrected chi connectivity index (χ4v) is 1.65. The minimum absolute atomic E-state index is 0. The van der Waals surface area contributed by atoms with Gasteiger partial charge in [-0.3, -0.25) is 0 Å². The predicted octanol–water partition coefficient (Wildman–Crippen LogP) is 2.32. The second kappa shape index (κ2) is 9.95. The molecule has 0 N–H and O–H groups in total. The molecule has 1 aliphatic rings. The van der Waals surface area contributed by atoms with Crippen molar-refractivity contribution in [2.45, 2.75) is 39.2 Å². The number of likely N-dealkylation sites (tertiary alicyclic amines) is 1. The van der Waals surface area contributed by atoms with Gasteiger partial charge < -0.3 is 4.90 Å². The quantitative estimate of drug-likeness (QED) is 0.618. The van der Waals surface area contributed by atoms with Crippen LogP contribution in [0.15, 0.2) is 0 Å². The summed E-state index contributed by atoms with van der Waals surface area (Å²) in [4.78, 5) is 2.47. The van der Waals surface area contributed by atoms with Crippen LogP contribution >= 0.6 is 24.8 Å². The van der Waals surface area contributed by atoms with Crippen LogP contribution in [-0.4, -0.2) is 42.9 Å². The number of hydrogen-bond acceptors (Lipinski definition) is 1. The van der Waals surface area contributed by atoms with E-state index in [9.17, 15) is 0 Å². The molecule has 1 heterocycles. The summed E-state index contributed by atoms with van der Waals surface area (Å²) in [6.07, 6.45) is 2.78. The first-order chi connectivity index (χ1) is 4.55. The Hall–Kier alpha value is 1.76. The van der Waals surface area contributed by atoms with Crippen molar-refractivity contribution in [1.29, 1.82) is 0 Å². The van der Waals surface area contributed by atoms with Gasteiger partial charge in [-0.25, -0.2) is 0 Å². The van der Waals surface area contributed by atoms with Crippen LogP contribution in [0.4, 0.5) is 0 Å². The average molecular weight is 288 g/mol. The number of piperidine rings is 1. The molecule has 1 saturated heterocycles. The van der Waals surface area contributed by atoms with Gasteiger partial charge in [0.2, 0.25) is 0 Å². The standard InChI is InChI=1S/C9H19N.2ClH.Li.Zn.H/c1-8-6-5-7-10(4)9(8,2)3;;;;;/h8H,5-7H2,1-4H3;2*1H;;;. The normalized spacial score (nSPS) is 24.4. The largest absolute Gasteiger partial charge is 0 e. The van der Waals surface area contributed by atoms with Crippen LogP contribution in [0.25, 0.3) is 0 Å². The van der Waals surface area contributed by atoms with E-state index in [1.807, 2.05) is 0 Å². The summed E-state index contributed by atoms with van der Waals surface area (Å²) in [6.45, 7) is 8.32. The molecule has 1 aliphatic heterocycles. The van der Waals surface area contributed by atoms with Crippen molar-refractivity contribution in [2.24, 2.45) is 5.92 Å². The van der Waals surface area contributed by atoms with E-state index in [-0.39, 0.29) is 63.2 Å². The van der Waals surface area contributed by atoms with Crippen LogP contribution in [0.5, 0.6) is 0 Å². The summed E-state index contributed by atoms with van der Waals surface area (Å²) < 4.78 is 0. The van der Waals surface area contributed by atoms with E-state index in [1.165, 1.54) is 19.4 Å². The van der Waals surface area contributed by atoms with Crippen LogP contribution < -0.4 is 0 Å². The van der Waals surface area contributed by atoms with E-state index in [4.69, 9.17) is 0 Å². The zero-order chi connectivity index (χ0) is 7.78. The zero-order valence-corrected chi connectivity index (χ0v) is 13.8. The van der Waals surface area contributed by atoms with Crippen molar-refractivity contribution in [3.05, 3.63) is 0 Å². The monoisotopic (exact) mass is 285 g/mol. The first kappa shape index (κ1) is 24.8. The van der Waals surface area contributed by atoms with E-state index in [1.54, 1.807) is 0 Å². The van der Waals surface area contributed by atoms with Gasteiger partial charge in [0.25, 0.3) is 0 Å². The number of hydrogen-bond donors (Lipinski definition) is 0. The van der Waals surface area contributed by atoms with Gasteiger partial charge in [0.1, 0.15) is 0 Å². The smallest absolute Gasteiger partial charge is 0 e. The Kier molecular flexibility index (Phi) is 17.6. The van der Waals surface area contributed by atoms with Gasteiger partial charge in [-0.2, -0.15) is 0 Å². The fourth-order valence-electron chi connectivity index (χ4n) is 1.65. The molecule has 0 radical (unpaired) electrons. The van der Waals surface area contributed by atoms with Crippen LogP contribution in [0.2, 0.25) is 0 Å². The molecule has 1 unspecified atom stereocenters. The molecule has 0 aliphatic carbocycles. The van der Waals surface area contributed by atoms with Gasteiger partial charge in [0, 0.05) is 25.0 Å². The van der Waals surface area contributed by atoms with Crippen LogP contribution in [0, 0.1) is 5.92 Å². The van der Waals surface area contributed by atoms with E-state index < -0.39 is 0 Å². The molecule has 5 heteroatoms. The van der Waals surface area contributed by atoms with Crippen molar-refractivity contribution in [3.63, 3.8) is 0 Å². The Labute approximate surface area is 126 Å². The van der Waals surface area contributed by atoms with Gasteiger partial charge in [-0.15, -0.1) is 24.8 Å². The molecule has 0 bridgehead atoms. The molecule has 0 saturated carbocycles. The van der Waals surface area contributed by atoms with E-state index in [0.29, 0.717) is 5.54 Å². The first-order valence-electron chi connectivity index (χ1n) is 4.26. The molecule has 0 aromatic rings. The zero-order valence-electron chi connectivity index (χ0n) is 9.17. The molecule has 0 aromatic heterocycles. The summed E-state index contributed by atoms with van der Waals surface area (Å²) in [5.41, 5.74) is 0.429. The third-order valence-electron chi connectivity index (χ3n) is 3.32. The average Bonchev–Trinajstić information content (AvgIpc) is 1.84.